The van der Waals surface area contributed by atoms with Gasteiger partial charge in [-0.1, -0.05) is 0 Å². The van der Waals surface area contributed by atoms with E-state index in [1.807, 2.05) is 0 Å². The predicted octanol–water partition coefficient (Wildman–Crippen LogP) is 0.728. The van der Waals surface area contributed by atoms with Crippen molar-refractivity contribution < 1.29 is 17.9 Å². The summed E-state index contributed by atoms with van der Waals surface area (Å²) in [6.45, 7) is 0.208. The van der Waals surface area contributed by atoms with Gasteiger partial charge in [-0.05, 0) is 24.8 Å². The van der Waals surface area contributed by atoms with Crippen LogP contribution < -0.4 is 19.8 Å². The number of sulfonamides is 1. The Labute approximate surface area is 151 Å². The van der Waals surface area contributed by atoms with Crippen molar-refractivity contribution in [3.63, 3.8) is 0 Å². The number of fused-ring (bicyclic) bond motifs is 1. The van der Waals surface area contributed by atoms with Crippen LogP contribution in [-0.2, 0) is 29.4 Å². The van der Waals surface area contributed by atoms with Crippen molar-refractivity contribution in [2.45, 2.75) is 30.7 Å². The van der Waals surface area contributed by atoms with Crippen molar-refractivity contribution in [1.29, 1.82) is 0 Å². The van der Waals surface area contributed by atoms with E-state index in [9.17, 15) is 13.2 Å². The Kier molecular flexibility index (Phi) is 5.28. The third kappa shape index (κ3) is 3.88. The van der Waals surface area contributed by atoms with Crippen LogP contribution in [0.3, 0.4) is 0 Å². The van der Waals surface area contributed by atoms with Gasteiger partial charge in [0.2, 0.25) is 10.0 Å². The summed E-state index contributed by atoms with van der Waals surface area (Å²) in [6.07, 6.45) is 2.73. The van der Waals surface area contributed by atoms with Gasteiger partial charge in [-0.25, -0.2) is 17.8 Å². The van der Waals surface area contributed by atoms with Crippen LogP contribution in [0.5, 0.6) is 11.5 Å². The first-order chi connectivity index (χ1) is 12.4. The molecule has 0 bridgehead atoms. The first kappa shape index (κ1) is 18.4. The van der Waals surface area contributed by atoms with Crippen molar-refractivity contribution in [3.05, 3.63) is 45.9 Å². The van der Waals surface area contributed by atoms with Gasteiger partial charge in [0.15, 0.2) is 0 Å². The maximum atomic E-state index is 12.5. The third-order valence-corrected chi connectivity index (χ3v) is 5.72. The number of aromatic nitrogens is 2. The number of rotatable bonds is 7. The van der Waals surface area contributed by atoms with E-state index in [2.05, 4.69) is 9.82 Å². The van der Waals surface area contributed by atoms with Crippen LogP contribution in [0.1, 0.15) is 17.7 Å². The van der Waals surface area contributed by atoms with Gasteiger partial charge in [-0.15, -0.1) is 0 Å². The molecule has 140 valence electrons. The summed E-state index contributed by atoms with van der Waals surface area (Å²) >= 11 is 0. The van der Waals surface area contributed by atoms with Crippen LogP contribution in [0, 0.1) is 0 Å². The van der Waals surface area contributed by atoms with Crippen LogP contribution >= 0.6 is 0 Å². The molecule has 1 aliphatic carbocycles. The minimum atomic E-state index is -3.77. The molecule has 1 aromatic carbocycles. The van der Waals surface area contributed by atoms with Crippen LogP contribution in [0.2, 0.25) is 0 Å². The van der Waals surface area contributed by atoms with Gasteiger partial charge in [0.05, 0.1) is 31.4 Å². The maximum Gasteiger partial charge on any atom is 0.267 e. The summed E-state index contributed by atoms with van der Waals surface area (Å²) in [7, 11) is -0.875. The quantitative estimate of drug-likeness (QED) is 0.761. The molecule has 0 amide bonds. The van der Waals surface area contributed by atoms with E-state index < -0.39 is 10.0 Å². The van der Waals surface area contributed by atoms with Gasteiger partial charge in [0, 0.05) is 30.8 Å². The smallest absolute Gasteiger partial charge is 0.267 e. The average Bonchev–Trinajstić information content (AvgIpc) is 3.08. The molecule has 8 nitrogen and oxygen atoms in total. The van der Waals surface area contributed by atoms with Crippen LogP contribution in [-0.4, -0.2) is 39.0 Å². The Morgan fingerprint density at radius 1 is 1.12 bits per heavy atom. The van der Waals surface area contributed by atoms with E-state index >= 15 is 0 Å². The molecule has 0 saturated heterocycles. The molecule has 3 rings (SSSR count). The van der Waals surface area contributed by atoms with E-state index in [1.54, 1.807) is 12.1 Å². The van der Waals surface area contributed by atoms with Crippen molar-refractivity contribution >= 4 is 10.0 Å². The molecule has 1 aliphatic rings. The highest BCUT2D eigenvalue weighted by atomic mass is 32.2. The van der Waals surface area contributed by atoms with Gasteiger partial charge >= 0.3 is 0 Å². The van der Waals surface area contributed by atoms with Crippen LogP contribution in [0.4, 0.5) is 0 Å². The second kappa shape index (κ2) is 7.46. The molecular formula is C17H21N3O5S. The lowest BCUT2D eigenvalue weighted by Crippen LogP contribution is -2.32. The number of methoxy groups -OCH3 is 2. The van der Waals surface area contributed by atoms with Crippen molar-refractivity contribution in [3.8, 4) is 11.5 Å². The van der Waals surface area contributed by atoms with E-state index in [0.29, 0.717) is 11.5 Å². The van der Waals surface area contributed by atoms with Gasteiger partial charge < -0.3 is 9.47 Å². The minimum Gasteiger partial charge on any atom is -0.497 e. The second-order valence-electron chi connectivity index (χ2n) is 5.98. The monoisotopic (exact) mass is 379 g/mol. The van der Waals surface area contributed by atoms with Gasteiger partial charge in [0.1, 0.15) is 11.5 Å². The van der Waals surface area contributed by atoms with E-state index in [1.165, 1.54) is 31.0 Å². The van der Waals surface area contributed by atoms with Crippen LogP contribution in [0.15, 0.2) is 34.0 Å². The fourth-order valence-electron chi connectivity index (χ4n) is 2.91. The average molecular weight is 379 g/mol. The number of ether oxygens (including phenoxy) is 2. The molecule has 1 N–H and O–H groups in total. The number of benzene rings is 1. The summed E-state index contributed by atoms with van der Waals surface area (Å²) in [4.78, 5) is 12.1. The Bertz CT molecular complexity index is 947. The topological polar surface area (TPSA) is 99.5 Å². The third-order valence-electron chi connectivity index (χ3n) is 4.27. The van der Waals surface area contributed by atoms with Crippen molar-refractivity contribution in [2.24, 2.45) is 0 Å². The molecule has 0 fully saturated rings. The standard InChI is InChI=1S/C17H21N3O5S/c1-24-13-9-14(25-2)11-15(10-13)26(22,23)18-6-7-20-17(21)8-12-4-3-5-16(12)19-20/h8-11,18H,3-7H2,1-2H3. The number of nitrogens with one attached hydrogen (secondary N) is 1. The minimum absolute atomic E-state index is 0.0305. The Balaban J connectivity index is 1.72. The fraction of sp³-hybridized carbons (Fsp3) is 0.412. The molecule has 0 aliphatic heterocycles. The maximum absolute atomic E-state index is 12.5. The molecule has 0 saturated carbocycles. The summed E-state index contributed by atoms with van der Waals surface area (Å²) in [5, 5.41) is 4.33. The molecule has 0 radical (unpaired) electrons. The molecular weight excluding hydrogens is 358 g/mol. The first-order valence-electron chi connectivity index (χ1n) is 8.25. The zero-order valence-electron chi connectivity index (χ0n) is 14.7. The van der Waals surface area contributed by atoms with Gasteiger partial charge in [0.25, 0.3) is 5.56 Å². The van der Waals surface area contributed by atoms with Crippen molar-refractivity contribution in [2.75, 3.05) is 20.8 Å². The number of hydrogen-bond acceptors (Lipinski definition) is 6. The fourth-order valence-corrected chi connectivity index (χ4v) is 3.97. The molecule has 2 aromatic rings. The van der Waals surface area contributed by atoms with Crippen LogP contribution in [0.25, 0.3) is 0 Å². The summed E-state index contributed by atoms with van der Waals surface area (Å²) in [5.41, 5.74) is 1.70. The van der Waals surface area contributed by atoms with Gasteiger partial charge in [-0.2, -0.15) is 5.10 Å². The van der Waals surface area contributed by atoms with E-state index in [-0.39, 0.29) is 23.5 Å². The highest BCUT2D eigenvalue weighted by Crippen LogP contribution is 2.25. The summed E-state index contributed by atoms with van der Waals surface area (Å²) in [6, 6.07) is 6.00. The van der Waals surface area contributed by atoms with Gasteiger partial charge in [-0.3, -0.25) is 4.79 Å². The zero-order valence-corrected chi connectivity index (χ0v) is 15.5. The lowest BCUT2D eigenvalue weighted by atomic mass is 10.2. The van der Waals surface area contributed by atoms with Crippen molar-refractivity contribution in [1.82, 2.24) is 14.5 Å². The molecule has 1 heterocycles. The van der Waals surface area contributed by atoms with E-state index in [4.69, 9.17) is 9.47 Å². The molecule has 0 spiro atoms. The molecule has 9 heteroatoms. The molecule has 26 heavy (non-hydrogen) atoms. The molecule has 0 unspecified atom stereocenters. The largest absolute Gasteiger partial charge is 0.497 e. The SMILES string of the molecule is COc1cc(OC)cc(S(=O)(=O)NCCn2nc3c(cc2=O)CCC3)c1. The number of hydrogen-bond donors (Lipinski definition) is 1. The second-order valence-corrected chi connectivity index (χ2v) is 7.74. The lowest BCUT2D eigenvalue weighted by Gasteiger charge is -2.11. The highest BCUT2D eigenvalue weighted by Gasteiger charge is 2.18. The Morgan fingerprint density at radius 2 is 1.81 bits per heavy atom. The Morgan fingerprint density at radius 3 is 2.46 bits per heavy atom. The number of nitrogens with zero attached hydrogens (tertiary/aromatic N) is 2. The summed E-state index contributed by atoms with van der Waals surface area (Å²) < 4.78 is 39.0. The Hall–Kier alpha value is -2.39. The first-order valence-corrected chi connectivity index (χ1v) is 9.74. The lowest BCUT2D eigenvalue weighted by molar-refractivity contribution is 0.392. The predicted molar refractivity (Wildman–Crippen MR) is 95.3 cm³/mol. The zero-order chi connectivity index (χ0) is 18.7. The molecule has 1 aromatic heterocycles. The van der Waals surface area contributed by atoms with E-state index in [0.717, 1.165) is 30.5 Å². The number of aryl methyl sites for hydroxylation is 2. The normalized spacial score (nSPS) is 13.5. The highest BCUT2D eigenvalue weighted by molar-refractivity contribution is 7.89. The molecule has 0 atom stereocenters. The summed E-state index contributed by atoms with van der Waals surface area (Å²) in [5.74, 6) is 0.752.